The first kappa shape index (κ1) is 12.9. The highest BCUT2D eigenvalue weighted by molar-refractivity contribution is 9.10. The van der Waals surface area contributed by atoms with Gasteiger partial charge in [0.05, 0.1) is 0 Å². The van der Waals surface area contributed by atoms with Crippen LogP contribution in [0.4, 0.5) is 5.69 Å². The van der Waals surface area contributed by atoms with Crippen LogP contribution in [-0.2, 0) is 0 Å². The summed E-state index contributed by atoms with van der Waals surface area (Å²) in [6.07, 6.45) is 0. The predicted octanol–water partition coefficient (Wildman–Crippen LogP) is 4.76. The Hall–Kier alpha value is -2.07. The third-order valence-electron chi connectivity index (χ3n) is 2.98. The van der Waals surface area contributed by atoms with Crippen LogP contribution in [0.25, 0.3) is 11.0 Å². The van der Waals surface area contributed by atoms with E-state index in [1.54, 1.807) is 6.07 Å². The molecule has 1 amide bonds. The Balaban J connectivity index is 1.88. The molecule has 0 radical (unpaired) electrons. The fourth-order valence-electron chi connectivity index (χ4n) is 2.03. The molecule has 0 aliphatic rings. The molecule has 20 heavy (non-hydrogen) atoms. The van der Waals surface area contributed by atoms with Crippen molar-refractivity contribution in [3.05, 3.63) is 64.3 Å². The van der Waals surface area contributed by atoms with E-state index < -0.39 is 0 Å². The van der Waals surface area contributed by atoms with Gasteiger partial charge >= 0.3 is 0 Å². The Morgan fingerprint density at radius 2 is 2.00 bits per heavy atom. The smallest absolute Gasteiger partial charge is 0.291 e. The van der Waals surface area contributed by atoms with Crippen molar-refractivity contribution < 1.29 is 9.21 Å². The number of hydrogen-bond donors (Lipinski definition) is 1. The van der Waals surface area contributed by atoms with Crippen LogP contribution < -0.4 is 5.32 Å². The van der Waals surface area contributed by atoms with Crippen LogP contribution in [-0.4, -0.2) is 5.91 Å². The summed E-state index contributed by atoms with van der Waals surface area (Å²) < 4.78 is 6.49. The molecule has 0 saturated heterocycles. The maximum absolute atomic E-state index is 12.2. The number of amides is 1. The van der Waals surface area contributed by atoms with Gasteiger partial charge in [-0.3, -0.25) is 4.79 Å². The number of carbonyl (C=O) groups excluding carboxylic acids is 1. The zero-order valence-corrected chi connectivity index (χ0v) is 12.4. The fourth-order valence-corrected chi connectivity index (χ4v) is 2.37. The second kappa shape index (κ2) is 5.13. The number of rotatable bonds is 2. The Labute approximate surface area is 124 Å². The summed E-state index contributed by atoms with van der Waals surface area (Å²) in [7, 11) is 0. The zero-order chi connectivity index (χ0) is 14.1. The van der Waals surface area contributed by atoms with Gasteiger partial charge in [-0.15, -0.1) is 0 Å². The van der Waals surface area contributed by atoms with Gasteiger partial charge in [0.1, 0.15) is 5.58 Å². The predicted molar refractivity (Wildman–Crippen MR) is 83.0 cm³/mol. The van der Waals surface area contributed by atoms with E-state index in [1.165, 1.54) is 0 Å². The lowest BCUT2D eigenvalue weighted by Crippen LogP contribution is -2.10. The van der Waals surface area contributed by atoms with Crippen LogP contribution in [0, 0.1) is 6.92 Å². The van der Waals surface area contributed by atoms with Crippen LogP contribution in [0.5, 0.6) is 0 Å². The molecule has 3 rings (SSSR count). The van der Waals surface area contributed by atoms with Crippen LogP contribution in [0.3, 0.4) is 0 Å². The second-order valence-corrected chi connectivity index (χ2v) is 5.53. The van der Waals surface area contributed by atoms with Gasteiger partial charge in [-0.05, 0) is 48.9 Å². The Morgan fingerprint density at radius 1 is 1.15 bits per heavy atom. The number of anilines is 1. The zero-order valence-electron chi connectivity index (χ0n) is 10.8. The van der Waals surface area contributed by atoms with Gasteiger partial charge in [0.2, 0.25) is 0 Å². The lowest BCUT2D eigenvalue weighted by molar-refractivity contribution is 0.0998. The van der Waals surface area contributed by atoms with E-state index in [1.807, 2.05) is 49.4 Å². The number of fused-ring (bicyclic) bond motifs is 1. The van der Waals surface area contributed by atoms with Crippen molar-refractivity contribution >= 4 is 38.5 Å². The van der Waals surface area contributed by atoms with E-state index in [4.69, 9.17) is 4.42 Å². The highest BCUT2D eigenvalue weighted by Crippen LogP contribution is 2.24. The molecule has 1 heterocycles. The van der Waals surface area contributed by atoms with E-state index in [-0.39, 0.29) is 5.91 Å². The third-order valence-corrected chi connectivity index (χ3v) is 3.48. The standard InChI is InChI=1S/C16H12BrNO2/c1-10-3-2-4-13(7-10)18-16(19)15-8-11-5-6-12(17)9-14(11)20-15/h2-9H,1H3,(H,18,19). The summed E-state index contributed by atoms with van der Waals surface area (Å²) >= 11 is 3.38. The molecule has 1 N–H and O–H groups in total. The maximum Gasteiger partial charge on any atom is 0.291 e. The molecule has 0 unspecified atom stereocenters. The van der Waals surface area contributed by atoms with Gasteiger partial charge in [-0.2, -0.15) is 0 Å². The van der Waals surface area contributed by atoms with Crippen molar-refractivity contribution in [1.82, 2.24) is 0 Å². The van der Waals surface area contributed by atoms with Gasteiger partial charge in [0, 0.05) is 15.5 Å². The molecule has 1 aromatic heterocycles. The number of nitrogens with one attached hydrogen (secondary N) is 1. The molecule has 0 saturated carbocycles. The lowest BCUT2D eigenvalue weighted by atomic mass is 10.2. The molecule has 2 aromatic carbocycles. The third kappa shape index (κ3) is 2.60. The van der Waals surface area contributed by atoms with Gasteiger partial charge in [-0.1, -0.05) is 28.1 Å². The molecule has 4 heteroatoms. The largest absolute Gasteiger partial charge is 0.451 e. The van der Waals surface area contributed by atoms with Crippen molar-refractivity contribution in [1.29, 1.82) is 0 Å². The quantitative estimate of drug-likeness (QED) is 0.736. The number of aryl methyl sites for hydroxylation is 1. The number of hydrogen-bond acceptors (Lipinski definition) is 2. The average molecular weight is 330 g/mol. The first-order chi connectivity index (χ1) is 9.61. The van der Waals surface area contributed by atoms with Gasteiger partial charge in [0.15, 0.2) is 5.76 Å². The summed E-state index contributed by atoms with van der Waals surface area (Å²) in [4.78, 5) is 12.2. The number of benzene rings is 2. The normalized spacial score (nSPS) is 10.7. The summed E-state index contributed by atoms with van der Waals surface area (Å²) in [6, 6.07) is 15.1. The summed E-state index contributed by atoms with van der Waals surface area (Å²) in [5.74, 6) is 0.0579. The van der Waals surface area contributed by atoms with Gasteiger partial charge in [-0.25, -0.2) is 0 Å². The van der Waals surface area contributed by atoms with E-state index in [9.17, 15) is 4.79 Å². The summed E-state index contributed by atoms with van der Waals surface area (Å²) in [6.45, 7) is 1.98. The monoisotopic (exact) mass is 329 g/mol. The molecular formula is C16H12BrNO2. The number of carbonyl (C=O) groups is 1. The summed E-state index contributed by atoms with van der Waals surface area (Å²) in [5, 5.41) is 3.74. The van der Waals surface area contributed by atoms with Gasteiger partial charge < -0.3 is 9.73 Å². The molecule has 100 valence electrons. The van der Waals surface area contributed by atoms with E-state index >= 15 is 0 Å². The molecular weight excluding hydrogens is 318 g/mol. The maximum atomic E-state index is 12.2. The molecule has 0 aliphatic carbocycles. The fraction of sp³-hybridized carbons (Fsp3) is 0.0625. The highest BCUT2D eigenvalue weighted by Gasteiger charge is 2.12. The van der Waals surface area contributed by atoms with E-state index in [2.05, 4.69) is 21.2 Å². The topological polar surface area (TPSA) is 42.2 Å². The molecule has 3 aromatic rings. The minimum Gasteiger partial charge on any atom is -0.451 e. The van der Waals surface area contributed by atoms with E-state index in [0.29, 0.717) is 11.3 Å². The summed E-state index contributed by atoms with van der Waals surface area (Å²) in [5.41, 5.74) is 2.54. The second-order valence-electron chi connectivity index (χ2n) is 4.62. The Kier molecular flexibility index (Phi) is 3.32. The molecule has 0 bridgehead atoms. The first-order valence-electron chi connectivity index (χ1n) is 6.19. The van der Waals surface area contributed by atoms with Crippen molar-refractivity contribution in [2.24, 2.45) is 0 Å². The first-order valence-corrected chi connectivity index (χ1v) is 6.98. The van der Waals surface area contributed by atoms with E-state index in [0.717, 1.165) is 21.1 Å². The minimum atomic E-state index is -0.247. The molecule has 0 fully saturated rings. The van der Waals surface area contributed by atoms with Crippen molar-refractivity contribution in [3.8, 4) is 0 Å². The average Bonchev–Trinajstić information content (AvgIpc) is 2.81. The van der Waals surface area contributed by atoms with Crippen LogP contribution in [0.1, 0.15) is 16.1 Å². The highest BCUT2D eigenvalue weighted by atomic mass is 79.9. The lowest BCUT2D eigenvalue weighted by Gasteiger charge is -2.03. The SMILES string of the molecule is Cc1cccc(NC(=O)c2cc3ccc(Br)cc3o2)c1. The van der Waals surface area contributed by atoms with Crippen molar-refractivity contribution in [3.63, 3.8) is 0 Å². The van der Waals surface area contributed by atoms with Crippen LogP contribution in [0.15, 0.2) is 57.4 Å². The molecule has 0 atom stereocenters. The van der Waals surface area contributed by atoms with Gasteiger partial charge in [0.25, 0.3) is 5.91 Å². The van der Waals surface area contributed by atoms with Crippen molar-refractivity contribution in [2.45, 2.75) is 6.92 Å². The number of furan rings is 1. The van der Waals surface area contributed by atoms with Crippen molar-refractivity contribution in [2.75, 3.05) is 5.32 Å². The number of halogens is 1. The Morgan fingerprint density at radius 3 is 2.80 bits per heavy atom. The minimum absolute atomic E-state index is 0.247. The Bertz CT molecular complexity index is 792. The van der Waals surface area contributed by atoms with Crippen LogP contribution in [0.2, 0.25) is 0 Å². The molecule has 0 aliphatic heterocycles. The molecule has 3 nitrogen and oxygen atoms in total. The van der Waals surface area contributed by atoms with Crippen LogP contribution >= 0.6 is 15.9 Å². The molecule has 0 spiro atoms.